The minimum absolute atomic E-state index is 0.0368. The number of pyridine rings is 1. The average Bonchev–Trinajstić information content (AvgIpc) is 2.81. The summed E-state index contributed by atoms with van der Waals surface area (Å²) in [6.45, 7) is 1.38. The van der Waals surface area contributed by atoms with E-state index in [2.05, 4.69) is 23.2 Å². The number of aromatic nitrogens is 3. The van der Waals surface area contributed by atoms with Gasteiger partial charge in [-0.3, -0.25) is 9.36 Å². The van der Waals surface area contributed by atoms with Gasteiger partial charge >= 0.3 is 0 Å². The smallest absolute Gasteiger partial charge is 0.261 e. The summed E-state index contributed by atoms with van der Waals surface area (Å²) >= 11 is 1.63. The molecule has 5 rings (SSSR count). The molecule has 0 amide bonds. The predicted molar refractivity (Wildman–Crippen MR) is 121 cm³/mol. The van der Waals surface area contributed by atoms with Gasteiger partial charge in [0, 0.05) is 30.8 Å². The van der Waals surface area contributed by atoms with Crippen molar-refractivity contribution >= 4 is 33.4 Å². The van der Waals surface area contributed by atoms with Gasteiger partial charge in [-0.15, -0.1) is 11.8 Å². The molecule has 0 atom stereocenters. The van der Waals surface area contributed by atoms with E-state index in [1.807, 2.05) is 36.7 Å². The lowest BCUT2D eigenvalue weighted by atomic mass is 9.96. The molecule has 6 heteroatoms. The molecule has 1 saturated heterocycles. The van der Waals surface area contributed by atoms with Crippen molar-refractivity contribution in [2.75, 3.05) is 19.5 Å². The van der Waals surface area contributed by atoms with E-state index in [0.29, 0.717) is 18.6 Å². The molecule has 1 aliphatic heterocycles. The van der Waals surface area contributed by atoms with Gasteiger partial charge in [0.1, 0.15) is 0 Å². The molecular weight excluding hydrogens is 394 g/mol. The van der Waals surface area contributed by atoms with E-state index in [0.717, 1.165) is 51.7 Å². The van der Waals surface area contributed by atoms with Crippen LogP contribution in [0.25, 0.3) is 21.7 Å². The van der Waals surface area contributed by atoms with E-state index in [9.17, 15) is 4.79 Å². The van der Waals surface area contributed by atoms with Crippen LogP contribution in [-0.4, -0.2) is 34.0 Å². The molecule has 1 fully saturated rings. The minimum Gasteiger partial charge on any atom is -0.381 e. The number of hydrogen-bond acceptors (Lipinski definition) is 5. The van der Waals surface area contributed by atoms with Gasteiger partial charge in [0.15, 0.2) is 0 Å². The molecule has 0 bridgehead atoms. The van der Waals surface area contributed by atoms with Crippen LogP contribution >= 0.6 is 11.8 Å². The van der Waals surface area contributed by atoms with Gasteiger partial charge in [0.05, 0.1) is 22.3 Å². The van der Waals surface area contributed by atoms with Crippen molar-refractivity contribution < 1.29 is 4.74 Å². The third-order valence-corrected chi connectivity index (χ3v) is 6.52. The summed E-state index contributed by atoms with van der Waals surface area (Å²) in [5, 5.41) is 3.85. The van der Waals surface area contributed by atoms with Crippen LogP contribution in [0.1, 0.15) is 30.0 Å². The largest absolute Gasteiger partial charge is 0.381 e. The molecule has 3 heterocycles. The van der Waals surface area contributed by atoms with Crippen LogP contribution in [0.15, 0.2) is 64.8 Å². The van der Waals surface area contributed by atoms with Gasteiger partial charge in [-0.05, 0) is 54.2 Å². The van der Waals surface area contributed by atoms with Crippen molar-refractivity contribution in [3.05, 3.63) is 76.5 Å². The van der Waals surface area contributed by atoms with Crippen LogP contribution < -0.4 is 5.56 Å². The maximum absolute atomic E-state index is 13.4. The fourth-order valence-electron chi connectivity index (χ4n) is 4.27. The Morgan fingerprint density at radius 1 is 1.07 bits per heavy atom. The monoisotopic (exact) mass is 417 g/mol. The molecule has 2 aromatic carbocycles. The predicted octanol–water partition coefficient (Wildman–Crippen LogP) is 4.61. The molecule has 0 aliphatic carbocycles. The summed E-state index contributed by atoms with van der Waals surface area (Å²) in [5.41, 5.74) is 3.07. The molecule has 0 spiro atoms. The number of thioether (sulfide) groups is 1. The van der Waals surface area contributed by atoms with Gasteiger partial charge in [-0.25, -0.2) is 9.97 Å². The first kappa shape index (κ1) is 19.3. The quantitative estimate of drug-likeness (QED) is 0.359. The standard InChI is InChI=1S/C24H23N3O2S/c1-30-22-7-6-16(14-25-22)12-17-13-21-23(20-5-3-2-4-19(17)20)26-15-27(24(21)28)18-8-10-29-11-9-18/h2-7,13-15,18H,8-12H2,1H3. The third-order valence-electron chi connectivity index (χ3n) is 5.86. The van der Waals surface area contributed by atoms with Crippen LogP contribution in [0, 0.1) is 0 Å². The summed E-state index contributed by atoms with van der Waals surface area (Å²) in [6.07, 6.45) is 8.09. The van der Waals surface area contributed by atoms with E-state index in [1.165, 1.54) is 0 Å². The maximum Gasteiger partial charge on any atom is 0.261 e. The van der Waals surface area contributed by atoms with Crippen molar-refractivity contribution in [3.8, 4) is 0 Å². The minimum atomic E-state index is 0.0368. The molecule has 0 unspecified atom stereocenters. The Morgan fingerprint density at radius 3 is 2.60 bits per heavy atom. The highest BCUT2D eigenvalue weighted by atomic mass is 32.2. The van der Waals surface area contributed by atoms with Crippen LogP contribution in [0.5, 0.6) is 0 Å². The van der Waals surface area contributed by atoms with Crippen LogP contribution in [0.3, 0.4) is 0 Å². The SMILES string of the molecule is CSc1ccc(Cc2cc3c(=O)n(C4CCOCC4)cnc3c3ccccc23)cn1. The summed E-state index contributed by atoms with van der Waals surface area (Å²) < 4.78 is 7.27. The molecular formula is C24H23N3O2S. The lowest BCUT2D eigenvalue weighted by Gasteiger charge is -2.24. The highest BCUT2D eigenvalue weighted by molar-refractivity contribution is 7.98. The zero-order chi connectivity index (χ0) is 20.5. The lowest BCUT2D eigenvalue weighted by Crippen LogP contribution is -2.29. The van der Waals surface area contributed by atoms with Crippen LogP contribution in [-0.2, 0) is 11.2 Å². The topological polar surface area (TPSA) is 57.0 Å². The molecule has 0 saturated carbocycles. The first-order chi connectivity index (χ1) is 14.7. The average molecular weight is 418 g/mol. The van der Waals surface area contributed by atoms with Crippen molar-refractivity contribution in [1.29, 1.82) is 0 Å². The summed E-state index contributed by atoms with van der Waals surface area (Å²) in [4.78, 5) is 22.7. The third kappa shape index (κ3) is 3.50. The van der Waals surface area contributed by atoms with E-state index < -0.39 is 0 Å². The number of fused-ring (bicyclic) bond motifs is 3. The Balaban J connectivity index is 1.66. The van der Waals surface area contributed by atoms with Gasteiger partial charge in [-0.2, -0.15) is 0 Å². The zero-order valence-electron chi connectivity index (χ0n) is 16.9. The second kappa shape index (κ2) is 8.20. The first-order valence-electron chi connectivity index (χ1n) is 10.2. The van der Waals surface area contributed by atoms with E-state index in [4.69, 9.17) is 9.72 Å². The van der Waals surface area contributed by atoms with Crippen molar-refractivity contribution in [2.24, 2.45) is 0 Å². The molecule has 152 valence electrons. The van der Waals surface area contributed by atoms with Gasteiger partial charge in [0.2, 0.25) is 0 Å². The molecule has 30 heavy (non-hydrogen) atoms. The second-order valence-electron chi connectivity index (χ2n) is 7.66. The summed E-state index contributed by atoms with van der Waals surface area (Å²) in [5.74, 6) is 0. The lowest BCUT2D eigenvalue weighted by molar-refractivity contribution is 0.0685. The number of ether oxygens (including phenoxy) is 1. The van der Waals surface area contributed by atoms with Crippen molar-refractivity contribution in [2.45, 2.75) is 30.3 Å². The first-order valence-corrected chi connectivity index (χ1v) is 11.4. The van der Waals surface area contributed by atoms with Gasteiger partial charge in [0.25, 0.3) is 5.56 Å². The Hall–Kier alpha value is -2.70. The Kier molecular flexibility index (Phi) is 5.27. The number of nitrogens with zero attached hydrogens (tertiary/aromatic N) is 3. The molecule has 1 aliphatic rings. The van der Waals surface area contributed by atoms with E-state index in [-0.39, 0.29) is 11.6 Å². The molecule has 0 radical (unpaired) electrons. The molecule has 4 aromatic rings. The fraction of sp³-hybridized carbons (Fsp3) is 0.292. The number of rotatable bonds is 4. The van der Waals surface area contributed by atoms with Crippen LogP contribution in [0.2, 0.25) is 0 Å². The fourth-order valence-corrected chi connectivity index (χ4v) is 4.64. The number of benzene rings is 2. The highest BCUT2D eigenvalue weighted by Crippen LogP contribution is 2.28. The van der Waals surface area contributed by atoms with Gasteiger partial charge in [-0.1, -0.05) is 30.3 Å². The summed E-state index contributed by atoms with van der Waals surface area (Å²) in [7, 11) is 0. The molecule has 2 aromatic heterocycles. The highest BCUT2D eigenvalue weighted by Gasteiger charge is 2.19. The van der Waals surface area contributed by atoms with E-state index in [1.54, 1.807) is 22.7 Å². The Morgan fingerprint density at radius 2 is 1.87 bits per heavy atom. The van der Waals surface area contributed by atoms with E-state index >= 15 is 0 Å². The van der Waals surface area contributed by atoms with Gasteiger partial charge < -0.3 is 4.74 Å². The second-order valence-corrected chi connectivity index (χ2v) is 8.49. The van der Waals surface area contributed by atoms with Crippen molar-refractivity contribution in [3.63, 3.8) is 0 Å². The maximum atomic E-state index is 13.4. The van der Waals surface area contributed by atoms with Crippen molar-refractivity contribution in [1.82, 2.24) is 14.5 Å². The number of hydrogen-bond donors (Lipinski definition) is 0. The normalized spacial score (nSPS) is 15.1. The zero-order valence-corrected chi connectivity index (χ0v) is 17.7. The molecule has 0 N–H and O–H groups in total. The molecule has 5 nitrogen and oxygen atoms in total. The Labute approximate surface area is 179 Å². The Bertz CT molecular complexity index is 1260. The summed E-state index contributed by atoms with van der Waals surface area (Å²) in [6, 6.07) is 14.6. The van der Waals surface area contributed by atoms with Crippen LogP contribution in [0.4, 0.5) is 0 Å².